The van der Waals surface area contributed by atoms with Gasteiger partial charge in [-0.05, 0) is 49.9 Å². The summed E-state index contributed by atoms with van der Waals surface area (Å²) in [5, 5.41) is 0. The average Bonchev–Trinajstić information content (AvgIpc) is 2.66. The number of hydrazine groups is 1. The lowest BCUT2D eigenvalue weighted by Gasteiger charge is -2.20. The number of hydrogen-bond donors (Lipinski definition) is 2. The number of anilines is 1. The summed E-state index contributed by atoms with van der Waals surface area (Å²) in [5.41, 5.74) is 3.83. The molecule has 0 aliphatic carbocycles. The SMILES string of the molecule is CCCC1CCCN(Cc2ccc(NN)nc2)CC1. The Hall–Kier alpha value is -1.13. The van der Waals surface area contributed by atoms with Gasteiger partial charge in [-0.2, -0.15) is 0 Å². The van der Waals surface area contributed by atoms with Crippen LogP contribution in [0.3, 0.4) is 0 Å². The van der Waals surface area contributed by atoms with Crippen LogP contribution in [0.4, 0.5) is 5.82 Å². The standard InChI is InChI=1S/C15H26N4/c1-2-4-13-5-3-9-19(10-8-13)12-14-6-7-15(18-16)17-11-14/h6-7,11,13H,2-5,8-10,12,16H2,1H3,(H,17,18). The van der Waals surface area contributed by atoms with Crippen molar-refractivity contribution < 1.29 is 0 Å². The van der Waals surface area contributed by atoms with Crippen LogP contribution in [0.15, 0.2) is 18.3 Å². The highest BCUT2D eigenvalue weighted by molar-refractivity contribution is 5.33. The molecular formula is C15H26N4. The number of likely N-dealkylation sites (tertiary alicyclic amines) is 1. The van der Waals surface area contributed by atoms with Crippen molar-refractivity contribution in [3.8, 4) is 0 Å². The van der Waals surface area contributed by atoms with E-state index in [-0.39, 0.29) is 0 Å². The number of rotatable bonds is 5. The van der Waals surface area contributed by atoms with E-state index in [1.54, 1.807) is 0 Å². The van der Waals surface area contributed by atoms with Crippen LogP contribution < -0.4 is 11.3 Å². The van der Waals surface area contributed by atoms with E-state index in [1.165, 1.54) is 50.8 Å². The van der Waals surface area contributed by atoms with E-state index < -0.39 is 0 Å². The van der Waals surface area contributed by atoms with E-state index in [9.17, 15) is 0 Å². The van der Waals surface area contributed by atoms with Gasteiger partial charge in [0.05, 0.1) is 0 Å². The molecule has 0 saturated carbocycles. The molecule has 4 nitrogen and oxygen atoms in total. The molecule has 1 aromatic heterocycles. The third-order valence-corrected chi connectivity index (χ3v) is 4.02. The minimum atomic E-state index is 0.725. The lowest BCUT2D eigenvalue weighted by atomic mass is 9.96. The molecule has 0 amide bonds. The van der Waals surface area contributed by atoms with Crippen molar-refractivity contribution in [3.63, 3.8) is 0 Å². The monoisotopic (exact) mass is 262 g/mol. The Morgan fingerprint density at radius 2 is 2.26 bits per heavy atom. The van der Waals surface area contributed by atoms with Crippen LogP contribution in [0.1, 0.15) is 44.6 Å². The zero-order valence-electron chi connectivity index (χ0n) is 11.9. The second-order valence-electron chi connectivity index (χ2n) is 5.56. The molecular weight excluding hydrogens is 236 g/mol. The van der Waals surface area contributed by atoms with Crippen LogP contribution in [0.25, 0.3) is 0 Å². The molecule has 3 N–H and O–H groups in total. The first-order valence-corrected chi connectivity index (χ1v) is 7.45. The molecule has 19 heavy (non-hydrogen) atoms. The molecule has 1 aliphatic heterocycles. The quantitative estimate of drug-likeness (QED) is 0.633. The second kappa shape index (κ2) is 7.46. The van der Waals surface area contributed by atoms with Gasteiger partial charge >= 0.3 is 0 Å². The molecule has 0 bridgehead atoms. The number of nitrogens with zero attached hydrogens (tertiary/aromatic N) is 2. The highest BCUT2D eigenvalue weighted by Crippen LogP contribution is 2.22. The summed E-state index contributed by atoms with van der Waals surface area (Å²) in [4.78, 5) is 6.83. The lowest BCUT2D eigenvalue weighted by Crippen LogP contribution is -2.24. The Balaban J connectivity index is 1.84. The Bertz CT molecular complexity index is 363. The van der Waals surface area contributed by atoms with Gasteiger partial charge in [-0.3, -0.25) is 4.90 Å². The Morgan fingerprint density at radius 1 is 1.37 bits per heavy atom. The third kappa shape index (κ3) is 4.48. The molecule has 1 aromatic rings. The summed E-state index contributed by atoms with van der Waals surface area (Å²) in [6, 6.07) is 4.05. The Kier molecular flexibility index (Phi) is 5.61. The summed E-state index contributed by atoms with van der Waals surface area (Å²) in [6.45, 7) is 5.75. The van der Waals surface area contributed by atoms with Crippen LogP contribution in [0.2, 0.25) is 0 Å². The Labute approximate surface area is 116 Å². The molecule has 1 unspecified atom stereocenters. The van der Waals surface area contributed by atoms with Gasteiger partial charge in [0.25, 0.3) is 0 Å². The van der Waals surface area contributed by atoms with Gasteiger partial charge < -0.3 is 5.43 Å². The minimum absolute atomic E-state index is 0.725. The molecule has 0 radical (unpaired) electrons. The molecule has 0 spiro atoms. The summed E-state index contributed by atoms with van der Waals surface area (Å²) >= 11 is 0. The summed E-state index contributed by atoms with van der Waals surface area (Å²) in [7, 11) is 0. The van der Waals surface area contributed by atoms with E-state index in [0.717, 1.165) is 18.3 Å². The fraction of sp³-hybridized carbons (Fsp3) is 0.667. The molecule has 1 fully saturated rings. The van der Waals surface area contributed by atoms with Gasteiger partial charge in [0.1, 0.15) is 5.82 Å². The molecule has 1 saturated heterocycles. The van der Waals surface area contributed by atoms with Crippen molar-refractivity contribution in [2.45, 2.75) is 45.6 Å². The van der Waals surface area contributed by atoms with Gasteiger partial charge in [-0.25, -0.2) is 10.8 Å². The van der Waals surface area contributed by atoms with Crippen molar-refractivity contribution >= 4 is 5.82 Å². The fourth-order valence-corrected chi connectivity index (χ4v) is 2.94. The van der Waals surface area contributed by atoms with Gasteiger partial charge in [0.2, 0.25) is 0 Å². The number of hydrogen-bond acceptors (Lipinski definition) is 4. The van der Waals surface area contributed by atoms with Crippen LogP contribution >= 0.6 is 0 Å². The Morgan fingerprint density at radius 3 is 2.95 bits per heavy atom. The van der Waals surface area contributed by atoms with Crippen molar-refractivity contribution in [3.05, 3.63) is 23.9 Å². The largest absolute Gasteiger partial charge is 0.308 e. The normalized spacial score (nSPS) is 21.1. The lowest BCUT2D eigenvalue weighted by molar-refractivity contribution is 0.271. The fourth-order valence-electron chi connectivity index (χ4n) is 2.94. The average molecular weight is 262 g/mol. The van der Waals surface area contributed by atoms with Gasteiger partial charge in [-0.1, -0.05) is 25.8 Å². The molecule has 4 heteroatoms. The predicted molar refractivity (Wildman–Crippen MR) is 79.6 cm³/mol. The van der Waals surface area contributed by atoms with Gasteiger partial charge in [-0.15, -0.1) is 0 Å². The number of nitrogens with one attached hydrogen (secondary N) is 1. The van der Waals surface area contributed by atoms with Crippen molar-refractivity contribution in [2.24, 2.45) is 11.8 Å². The van der Waals surface area contributed by atoms with Crippen molar-refractivity contribution in [1.29, 1.82) is 0 Å². The number of nitrogens with two attached hydrogens (primary N) is 1. The number of pyridine rings is 1. The topological polar surface area (TPSA) is 54.2 Å². The van der Waals surface area contributed by atoms with Crippen LogP contribution in [-0.2, 0) is 6.54 Å². The number of aromatic nitrogens is 1. The van der Waals surface area contributed by atoms with Crippen LogP contribution in [0, 0.1) is 5.92 Å². The van der Waals surface area contributed by atoms with Gasteiger partial charge in [0.15, 0.2) is 0 Å². The molecule has 1 aliphatic rings. The van der Waals surface area contributed by atoms with E-state index in [1.807, 2.05) is 12.3 Å². The molecule has 2 rings (SSSR count). The summed E-state index contributed by atoms with van der Waals surface area (Å²) in [5.74, 6) is 6.99. The summed E-state index contributed by atoms with van der Waals surface area (Å²) in [6.07, 6.45) is 8.72. The zero-order chi connectivity index (χ0) is 13.5. The number of nitrogen functional groups attached to an aromatic ring is 1. The molecule has 2 heterocycles. The van der Waals surface area contributed by atoms with Crippen LogP contribution in [0.5, 0.6) is 0 Å². The zero-order valence-corrected chi connectivity index (χ0v) is 11.9. The maximum Gasteiger partial charge on any atom is 0.139 e. The van der Waals surface area contributed by atoms with Gasteiger partial charge in [0, 0.05) is 12.7 Å². The maximum atomic E-state index is 5.33. The minimum Gasteiger partial charge on any atom is -0.308 e. The van der Waals surface area contributed by atoms with Crippen molar-refractivity contribution in [1.82, 2.24) is 9.88 Å². The smallest absolute Gasteiger partial charge is 0.139 e. The van der Waals surface area contributed by atoms with E-state index in [0.29, 0.717) is 0 Å². The van der Waals surface area contributed by atoms with E-state index in [2.05, 4.69) is 28.3 Å². The second-order valence-corrected chi connectivity index (χ2v) is 5.56. The van der Waals surface area contributed by atoms with Crippen LogP contribution in [-0.4, -0.2) is 23.0 Å². The van der Waals surface area contributed by atoms with E-state index >= 15 is 0 Å². The first-order chi connectivity index (χ1) is 9.31. The maximum absolute atomic E-state index is 5.33. The predicted octanol–water partition coefficient (Wildman–Crippen LogP) is 2.77. The van der Waals surface area contributed by atoms with E-state index in [4.69, 9.17) is 5.84 Å². The highest BCUT2D eigenvalue weighted by atomic mass is 15.2. The molecule has 1 atom stereocenters. The molecule has 106 valence electrons. The third-order valence-electron chi connectivity index (χ3n) is 4.02. The van der Waals surface area contributed by atoms with Crippen molar-refractivity contribution in [2.75, 3.05) is 18.5 Å². The molecule has 0 aromatic carbocycles. The highest BCUT2D eigenvalue weighted by Gasteiger charge is 2.16. The summed E-state index contributed by atoms with van der Waals surface area (Å²) < 4.78 is 0. The first kappa shape index (κ1) is 14.3. The first-order valence-electron chi connectivity index (χ1n) is 7.45.